The number of aromatic amines is 1. The molecular formula is C18H19N3OS2. The molecule has 4 nitrogen and oxygen atoms in total. The number of para-hydroxylation sites is 1. The van der Waals surface area contributed by atoms with Gasteiger partial charge in [-0.05, 0) is 50.2 Å². The minimum absolute atomic E-state index is 0.00422. The van der Waals surface area contributed by atoms with Gasteiger partial charge in [0, 0.05) is 24.0 Å². The summed E-state index contributed by atoms with van der Waals surface area (Å²) in [6.45, 7) is 6.34. The maximum absolute atomic E-state index is 13.2. The molecule has 0 aliphatic carbocycles. The van der Waals surface area contributed by atoms with Gasteiger partial charge in [-0.25, -0.2) is 0 Å². The van der Waals surface area contributed by atoms with Gasteiger partial charge >= 0.3 is 0 Å². The smallest absolute Gasteiger partial charge is 0.267 e. The Balaban J connectivity index is 1.95. The Morgan fingerprint density at radius 1 is 1.25 bits per heavy atom. The van der Waals surface area contributed by atoms with Crippen molar-refractivity contribution < 1.29 is 0 Å². The third-order valence-electron chi connectivity index (χ3n) is 4.67. The van der Waals surface area contributed by atoms with Crippen molar-refractivity contribution in [2.75, 3.05) is 6.54 Å². The van der Waals surface area contributed by atoms with Crippen LogP contribution >= 0.6 is 23.6 Å². The molecule has 1 aliphatic rings. The Hall–Kier alpha value is -1.76. The van der Waals surface area contributed by atoms with Crippen LogP contribution in [-0.4, -0.2) is 27.0 Å². The van der Waals surface area contributed by atoms with E-state index >= 15 is 0 Å². The summed E-state index contributed by atoms with van der Waals surface area (Å²) in [5.74, 6) is 0. The van der Waals surface area contributed by atoms with Gasteiger partial charge in [0.2, 0.25) is 0 Å². The molecule has 24 heavy (non-hydrogen) atoms. The molecule has 1 N–H and O–H groups in total. The maximum atomic E-state index is 13.2. The Morgan fingerprint density at radius 2 is 2.00 bits per heavy atom. The van der Waals surface area contributed by atoms with Gasteiger partial charge in [-0.3, -0.25) is 14.3 Å². The van der Waals surface area contributed by atoms with E-state index in [0.717, 1.165) is 35.4 Å². The molecule has 0 saturated carbocycles. The summed E-state index contributed by atoms with van der Waals surface area (Å²) in [6.07, 6.45) is 0.919. The van der Waals surface area contributed by atoms with Gasteiger partial charge in [-0.2, -0.15) is 0 Å². The Kier molecular flexibility index (Phi) is 3.90. The van der Waals surface area contributed by atoms with E-state index in [1.165, 1.54) is 10.4 Å². The quantitative estimate of drug-likeness (QED) is 0.708. The van der Waals surface area contributed by atoms with Gasteiger partial charge in [0.25, 0.3) is 5.56 Å². The fourth-order valence-corrected chi connectivity index (χ4v) is 4.97. The van der Waals surface area contributed by atoms with Crippen LogP contribution in [0.2, 0.25) is 0 Å². The number of hydrogen-bond acceptors (Lipinski definition) is 4. The number of nitrogens with one attached hydrogen (secondary N) is 1. The van der Waals surface area contributed by atoms with Crippen molar-refractivity contribution in [3.63, 3.8) is 0 Å². The molecule has 2 aromatic heterocycles. The second-order valence-electron chi connectivity index (χ2n) is 6.43. The third-order valence-corrected chi connectivity index (χ3v) is 6.09. The van der Waals surface area contributed by atoms with Gasteiger partial charge in [0.05, 0.1) is 11.1 Å². The zero-order valence-corrected chi connectivity index (χ0v) is 15.3. The standard InChI is InChI=1S/C18H19N3OS2/c1-11(2)20-9-8-13-14(10-20)24-16-15(13)17(22)21(18(23)19-16)12-6-4-3-5-7-12/h3-7,11H,8-10H2,1-2H3,(H,19,23). The highest BCUT2D eigenvalue weighted by Crippen LogP contribution is 2.33. The molecule has 0 unspecified atom stereocenters. The van der Waals surface area contributed by atoms with E-state index in [2.05, 4.69) is 23.7 Å². The summed E-state index contributed by atoms with van der Waals surface area (Å²) in [6, 6.07) is 10.1. The number of benzene rings is 1. The van der Waals surface area contributed by atoms with Crippen LogP contribution in [0.5, 0.6) is 0 Å². The van der Waals surface area contributed by atoms with E-state index in [4.69, 9.17) is 12.2 Å². The lowest BCUT2D eigenvalue weighted by Gasteiger charge is -2.30. The largest absolute Gasteiger partial charge is 0.323 e. The molecule has 6 heteroatoms. The molecule has 0 spiro atoms. The minimum atomic E-state index is -0.00422. The molecule has 124 valence electrons. The van der Waals surface area contributed by atoms with Gasteiger partial charge in [0.1, 0.15) is 4.83 Å². The first-order valence-corrected chi connectivity index (χ1v) is 9.38. The summed E-state index contributed by atoms with van der Waals surface area (Å²) in [5.41, 5.74) is 2.01. The SMILES string of the molecule is CC(C)N1CCc2c(sc3[nH]c(=S)n(-c4ccccc4)c(=O)c23)C1. The first-order valence-electron chi connectivity index (χ1n) is 8.15. The predicted octanol–water partition coefficient (Wildman–Crippen LogP) is 3.88. The van der Waals surface area contributed by atoms with Crippen LogP contribution in [0.15, 0.2) is 35.1 Å². The Labute approximate surface area is 149 Å². The zero-order valence-electron chi connectivity index (χ0n) is 13.7. The first kappa shape index (κ1) is 15.7. The fraction of sp³-hybridized carbons (Fsp3) is 0.333. The highest BCUT2D eigenvalue weighted by molar-refractivity contribution is 7.71. The Morgan fingerprint density at radius 3 is 2.71 bits per heavy atom. The summed E-state index contributed by atoms with van der Waals surface area (Å²) in [5, 5.41) is 0.816. The van der Waals surface area contributed by atoms with E-state index in [1.807, 2.05) is 30.3 Å². The lowest BCUT2D eigenvalue weighted by molar-refractivity contribution is 0.206. The van der Waals surface area contributed by atoms with Gasteiger partial charge in [-0.15, -0.1) is 11.3 Å². The molecule has 0 fully saturated rings. The molecule has 1 aliphatic heterocycles. The van der Waals surface area contributed by atoms with Crippen molar-refractivity contribution in [2.45, 2.75) is 32.9 Å². The number of nitrogens with zero attached hydrogens (tertiary/aromatic N) is 2. The molecule has 0 radical (unpaired) electrons. The average Bonchev–Trinajstić information content (AvgIpc) is 2.93. The van der Waals surface area contributed by atoms with Gasteiger partial charge < -0.3 is 4.98 Å². The monoisotopic (exact) mass is 357 g/mol. The van der Waals surface area contributed by atoms with E-state index in [-0.39, 0.29) is 5.56 Å². The van der Waals surface area contributed by atoms with Crippen LogP contribution in [0, 0.1) is 4.77 Å². The van der Waals surface area contributed by atoms with E-state index in [0.29, 0.717) is 10.8 Å². The fourth-order valence-electron chi connectivity index (χ4n) is 3.35. The van der Waals surface area contributed by atoms with Crippen molar-refractivity contribution in [2.24, 2.45) is 0 Å². The molecule has 3 heterocycles. The molecule has 4 rings (SSSR count). The van der Waals surface area contributed by atoms with Crippen LogP contribution in [0.4, 0.5) is 0 Å². The summed E-state index contributed by atoms with van der Waals surface area (Å²) < 4.78 is 2.07. The number of aromatic nitrogens is 2. The summed E-state index contributed by atoms with van der Waals surface area (Å²) >= 11 is 7.13. The van der Waals surface area contributed by atoms with Crippen molar-refractivity contribution in [1.82, 2.24) is 14.5 Å². The lowest BCUT2D eigenvalue weighted by atomic mass is 10.0. The van der Waals surface area contributed by atoms with Crippen LogP contribution in [0.25, 0.3) is 15.9 Å². The molecule has 0 amide bonds. The number of hydrogen-bond donors (Lipinski definition) is 1. The van der Waals surface area contributed by atoms with Crippen molar-refractivity contribution in [3.05, 3.63) is 55.9 Å². The Bertz CT molecular complexity index is 1010. The van der Waals surface area contributed by atoms with Crippen molar-refractivity contribution in [1.29, 1.82) is 0 Å². The van der Waals surface area contributed by atoms with Gasteiger partial charge in [0.15, 0.2) is 4.77 Å². The van der Waals surface area contributed by atoms with Crippen LogP contribution in [0.1, 0.15) is 24.3 Å². The second kappa shape index (κ2) is 5.95. The normalized spacial score (nSPS) is 15.1. The molecule has 1 aromatic carbocycles. The number of thiophene rings is 1. The molecular weight excluding hydrogens is 338 g/mol. The van der Waals surface area contributed by atoms with Crippen LogP contribution < -0.4 is 5.56 Å². The molecule has 0 bridgehead atoms. The van der Waals surface area contributed by atoms with E-state index in [1.54, 1.807) is 15.9 Å². The molecule has 0 saturated heterocycles. The van der Waals surface area contributed by atoms with Crippen molar-refractivity contribution in [3.8, 4) is 5.69 Å². The van der Waals surface area contributed by atoms with Crippen LogP contribution in [-0.2, 0) is 13.0 Å². The number of fused-ring (bicyclic) bond motifs is 3. The topological polar surface area (TPSA) is 41.0 Å². The highest BCUT2D eigenvalue weighted by Gasteiger charge is 2.25. The predicted molar refractivity (Wildman–Crippen MR) is 102 cm³/mol. The maximum Gasteiger partial charge on any atom is 0.267 e. The average molecular weight is 358 g/mol. The highest BCUT2D eigenvalue weighted by atomic mass is 32.1. The zero-order chi connectivity index (χ0) is 16.8. The van der Waals surface area contributed by atoms with E-state index < -0.39 is 0 Å². The molecule has 0 atom stereocenters. The first-order chi connectivity index (χ1) is 11.6. The number of H-pyrrole nitrogens is 1. The third kappa shape index (κ3) is 2.46. The molecule has 3 aromatic rings. The van der Waals surface area contributed by atoms with Crippen LogP contribution in [0.3, 0.4) is 0 Å². The number of rotatable bonds is 2. The lowest BCUT2D eigenvalue weighted by Crippen LogP contribution is -2.35. The second-order valence-corrected chi connectivity index (χ2v) is 7.92. The minimum Gasteiger partial charge on any atom is -0.323 e. The van der Waals surface area contributed by atoms with E-state index in [9.17, 15) is 4.79 Å². The van der Waals surface area contributed by atoms with Crippen molar-refractivity contribution >= 4 is 33.8 Å². The summed E-state index contributed by atoms with van der Waals surface area (Å²) in [7, 11) is 0. The van der Waals surface area contributed by atoms with Gasteiger partial charge in [-0.1, -0.05) is 18.2 Å². The summed E-state index contributed by atoms with van der Waals surface area (Å²) in [4.78, 5) is 21.1.